The maximum atomic E-state index is 5.91. The number of anilines is 1. The molecule has 0 saturated heterocycles. The third-order valence-electron chi connectivity index (χ3n) is 4.95. The second kappa shape index (κ2) is 8.35. The van der Waals surface area contributed by atoms with Gasteiger partial charge in [0.2, 0.25) is 0 Å². The largest absolute Gasteiger partial charge is 0.494 e. The minimum Gasteiger partial charge on any atom is -0.494 e. The fourth-order valence-electron chi connectivity index (χ4n) is 3.52. The van der Waals surface area contributed by atoms with Crippen molar-refractivity contribution in [3.05, 3.63) is 36.9 Å². The summed E-state index contributed by atoms with van der Waals surface area (Å²) < 4.78 is 13.1. The Morgan fingerprint density at radius 1 is 1.19 bits per heavy atom. The molecule has 0 aromatic carbocycles. The molecular formula is C20H25N5O2. The second-order valence-electron chi connectivity index (χ2n) is 6.77. The Labute approximate surface area is 158 Å². The van der Waals surface area contributed by atoms with Crippen LogP contribution < -0.4 is 10.1 Å². The van der Waals surface area contributed by atoms with Gasteiger partial charge in [0.25, 0.3) is 0 Å². The molecule has 0 amide bonds. The smallest absolute Gasteiger partial charge is 0.165 e. The Morgan fingerprint density at radius 3 is 2.93 bits per heavy atom. The van der Waals surface area contributed by atoms with Crippen LogP contribution in [-0.2, 0) is 4.74 Å². The zero-order valence-electron chi connectivity index (χ0n) is 15.6. The fraction of sp³-hybridized carbons (Fsp3) is 0.450. The van der Waals surface area contributed by atoms with Gasteiger partial charge in [-0.1, -0.05) is 12.8 Å². The number of nitrogens with one attached hydrogen (secondary N) is 1. The van der Waals surface area contributed by atoms with Crippen molar-refractivity contribution in [3.63, 3.8) is 0 Å². The Morgan fingerprint density at radius 2 is 2.07 bits per heavy atom. The van der Waals surface area contributed by atoms with E-state index in [0.717, 1.165) is 42.2 Å². The molecule has 1 N–H and O–H groups in total. The molecule has 3 aromatic heterocycles. The summed E-state index contributed by atoms with van der Waals surface area (Å²) in [5, 5.41) is 7.78. The molecule has 1 aliphatic rings. The van der Waals surface area contributed by atoms with Crippen LogP contribution in [0.25, 0.3) is 16.8 Å². The topological polar surface area (TPSA) is 73.6 Å². The molecule has 7 heteroatoms. The fourth-order valence-corrected chi connectivity index (χ4v) is 3.52. The van der Waals surface area contributed by atoms with Crippen molar-refractivity contribution in [2.24, 2.45) is 0 Å². The lowest BCUT2D eigenvalue weighted by atomic mass is 10.1. The lowest BCUT2D eigenvalue weighted by Crippen LogP contribution is -2.12. The van der Waals surface area contributed by atoms with Gasteiger partial charge < -0.3 is 14.8 Å². The predicted molar refractivity (Wildman–Crippen MR) is 104 cm³/mol. The highest BCUT2D eigenvalue weighted by molar-refractivity contribution is 5.81. The van der Waals surface area contributed by atoms with Crippen LogP contribution in [0, 0.1) is 0 Å². The van der Waals surface area contributed by atoms with E-state index >= 15 is 0 Å². The van der Waals surface area contributed by atoms with Crippen molar-refractivity contribution >= 4 is 11.5 Å². The minimum absolute atomic E-state index is 0.476. The van der Waals surface area contributed by atoms with E-state index in [9.17, 15) is 0 Å². The van der Waals surface area contributed by atoms with E-state index in [1.807, 2.05) is 18.3 Å². The first-order chi connectivity index (χ1) is 13.3. The summed E-state index contributed by atoms with van der Waals surface area (Å²) in [6.07, 6.45) is 13.7. The molecule has 7 nitrogen and oxygen atoms in total. The first-order valence-electron chi connectivity index (χ1n) is 9.53. The summed E-state index contributed by atoms with van der Waals surface area (Å²) in [6, 6.07) is 3.85. The maximum absolute atomic E-state index is 5.91. The number of hydrogen-bond acceptors (Lipinski definition) is 6. The van der Waals surface area contributed by atoms with Crippen LogP contribution in [0.2, 0.25) is 0 Å². The predicted octanol–water partition coefficient (Wildman–Crippen LogP) is 3.56. The van der Waals surface area contributed by atoms with Crippen LogP contribution in [0.15, 0.2) is 36.9 Å². The number of aromatic nitrogens is 4. The average Bonchev–Trinajstić information content (AvgIpc) is 3.37. The first kappa shape index (κ1) is 17.7. The van der Waals surface area contributed by atoms with Gasteiger partial charge >= 0.3 is 0 Å². The number of fused-ring (bicyclic) bond motifs is 1. The molecule has 27 heavy (non-hydrogen) atoms. The van der Waals surface area contributed by atoms with E-state index in [1.54, 1.807) is 30.2 Å². The molecule has 0 unspecified atom stereocenters. The highest BCUT2D eigenvalue weighted by atomic mass is 16.5. The van der Waals surface area contributed by atoms with Crippen LogP contribution in [-0.4, -0.2) is 45.9 Å². The monoisotopic (exact) mass is 367 g/mol. The number of rotatable bonds is 8. The second-order valence-corrected chi connectivity index (χ2v) is 6.77. The molecule has 3 aromatic rings. The Balaban J connectivity index is 1.42. The third-order valence-corrected chi connectivity index (χ3v) is 4.95. The SMILES string of the molecule is COc1cnccc1-c1cnn2ccc(NCCCOC3CCCC3)nc12. The van der Waals surface area contributed by atoms with E-state index in [1.165, 1.54) is 25.7 Å². The molecule has 0 radical (unpaired) electrons. The van der Waals surface area contributed by atoms with Gasteiger partial charge in [-0.15, -0.1) is 0 Å². The third kappa shape index (κ3) is 4.03. The Kier molecular flexibility index (Phi) is 5.48. The number of hydrogen-bond donors (Lipinski definition) is 1. The quantitative estimate of drug-likeness (QED) is 0.614. The van der Waals surface area contributed by atoms with E-state index < -0.39 is 0 Å². The van der Waals surface area contributed by atoms with E-state index in [2.05, 4.69) is 15.4 Å². The lowest BCUT2D eigenvalue weighted by Gasteiger charge is -2.11. The lowest BCUT2D eigenvalue weighted by molar-refractivity contribution is 0.0583. The normalized spacial score (nSPS) is 14.7. The first-order valence-corrected chi connectivity index (χ1v) is 9.53. The van der Waals surface area contributed by atoms with Gasteiger partial charge in [-0.3, -0.25) is 4.98 Å². The van der Waals surface area contributed by atoms with Gasteiger partial charge in [0.05, 0.1) is 31.2 Å². The summed E-state index contributed by atoms with van der Waals surface area (Å²) in [4.78, 5) is 8.85. The molecule has 1 fully saturated rings. The average molecular weight is 367 g/mol. The minimum atomic E-state index is 0.476. The number of nitrogens with zero attached hydrogens (tertiary/aromatic N) is 4. The number of ether oxygens (including phenoxy) is 2. The van der Waals surface area contributed by atoms with E-state index in [0.29, 0.717) is 11.9 Å². The molecule has 142 valence electrons. The molecule has 3 heterocycles. The zero-order chi connectivity index (χ0) is 18.5. The Hall–Kier alpha value is -2.67. The van der Waals surface area contributed by atoms with Gasteiger partial charge in [0.1, 0.15) is 11.6 Å². The summed E-state index contributed by atoms with van der Waals surface area (Å²) >= 11 is 0. The molecule has 1 saturated carbocycles. The Bertz CT molecular complexity index is 889. The number of methoxy groups -OCH3 is 1. The summed E-state index contributed by atoms with van der Waals surface area (Å²) in [7, 11) is 1.64. The maximum Gasteiger partial charge on any atom is 0.165 e. The molecule has 0 bridgehead atoms. The highest BCUT2D eigenvalue weighted by Crippen LogP contribution is 2.31. The molecular weight excluding hydrogens is 342 g/mol. The van der Waals surface area contributed by atoms with Crippen LogP contribution in [0.3, 0.4) is 0 Å². The van der Waals surface area contributed by atoms with Gasteiger partial charge in [-0.2, -0.15) is 5.10 Å². The van der Waals surface area contributed by atoms with Crippen LogP contribution in [0.4, 0.5) is 5.82 Å². The van der Waals surface area contributed by atoms with Gasteiger partial charge in [-0.05, 0) is 31.4 Å². The van der Waals surface area contributed by atoms with Crippen molar-refractivity contribution < 1.29 is 9.47 Å². The molecule has 4 rings (SSSR count). The van der Waals surface area contributed by atoms with Crippen LogP contribution >= 0.6 is 0 Å². The standard InChI is InChI=1S/C20H25N5O2/c1-26-18-14-21-10-7-16(18)17-13-23-25-11-8-19(24-20(17)25)22-9-4-12-27-15-5-2-3-6-15/h7-8,10-11,13-15H,2-6,9,12H2,1H3,(H,22,24). The van der Waals surface area contributed by atoms with Gasteiger partial charge in [0.15, 0.2) is 5.65 Å². The highest BCUT2D eigenvalue weighted by Gasteiger charge is 2.15. The summed E-state index contributed by atoms with van der Waals surface area (Å²) in [5.41, 5.74) is 2.63. The summed E-state index contributed by atoms with van der Waals surface area (Å²) in [5.74, 6) is 1.54. The van der Waals surface area contributed by atoms with Crippen molar-refractivity contribution in [2.45, 2.75) is 38.2 Å². The zero-order valence-corrected chi connectivity index (χ0v) is 15.6. The molecule has 0 atom stereocenters. The molecule has 1 aliphatic carbocycles. The molecule has 0 spiro atoms. The molecule has 0 aliphatic heterocycles. The van der Waals surface area contributed by atoms with Crippen LogP contribution in [0.1, 0.15) is 32.1 Å². The van der Waals surface area contributed by atoms with Crippen molar-refractivity contribution in [3.8, 4) is 16.9 Å². The van der Waals surface area contributed by atoms with Crippen molar-refractivity contribution in [1.82, 2.24) is 19.6 Å². The van der Waals surface area contributed by atoms with Crippen LogP contribution in [0.5, 0.6) is 5.75 Å². The summed E-state index contributed by atoms with van der Waals surface area (Å²) in [6.45, 7) is 1.63. The van der Waals surface area contributed by atoms with Crippen molar-refractivity contribution in [1.29, 1.82) is 0 Å². The van der Waals surface area contributed by atoms with Gasteiger partial charge in [0, 0.05) is 31.1 Å². The number of pyridine rings is 1. The van der Waals surface area contributed by atoms with E-state index in [4.69, 9.17) is 14.5 Å². The van der Waals surface area contributed by atoms with Crippen molar-refractivity contribution in [2.75, 3.05) is 25.6 Å². The van der Waals surface area contributed by atoms with Gasteiger partial charge in [-0.25, -0.2) is 9.50 Å². The van der Waals surface area contributed by atoms with E-state index in [-0.39, 0.29) is 0 Å².